The summed E-state index contributed by atoms with van der Waals surface area (Å²) in [6, 6.07) is 14.8. The zero-order valence-electron chi connectivity index (χ0n) is 11.5. The van der Waals surface area contributed by atoms with Gasteiger partial charge in [-0.15, -0.1) is 0 Å². The van der Waals surface area contributed by atoms with Crippen LogP contribution in [-0.2, 0) is 17.8 Å². The van der Waals surface area contributed by atoms with Gasteiger partial charge < -0.3 is 10.0 Å². The largest absolute Gasteiger partial charge is 0.508 e. The van der Waals surface area contributed by atoms with Crippen LogP contribution < -0.4 is 0 Å². The molecule has 0 aromatic heterocycles. The van der Waals surface area contributed by atoms with E-state index in [2.05, 4.69) is 11.8 Å². The molecule has 0 radical (unpaired) electrons. The van der Waals surface area contributed by atoms with Crippen LogP contribution in [0.2, 0.25) is 0 Å². The molecule has 1 N–H and O–H groups in total. The maximum absolute atomic E-state index is 12.2. The number of fused-ring (bicyclic) bond motifs is 1. The Labute approximate surface area is 123 Å². The molecule has 2 aromatic rings. The molecule has 0 bridgehead atoms. The highest BCUT2D eigenvalue weighted by Crippen LogP contribution is 2.22. The lowest BCUT2D eigenvalue weighted by Crippen LogP contribution is -2.35. The average Bonchev–Trinajstić information content (AvgIpc) is 2.53. The van der Waals surface area contributed by atoms with Crippen molar-refractivity contribution in [2.45, 2.75) is 13.0 Å². The van der Waals surface area contributed by atoms with Gasteiger partial charge in [0, 0.05) is 24.6 Å². The molecule has 3 nitrogen and oxygen atoms in total. The van der Waals surface area contributed by atoms with E-state index in [4.69, 9.17) is 0 Å². The predicted molar refractivity (Wildman–Crippen MR) is 80.5 cm³/mol. The molecule has 21 heavy (non-hydrogen) atoms. The van der Waals surface area contributed by atoms with Gasteiger partial charge in [-0.2, -0.15) is 0 Å². The fourth-order valence-corrected chi connectivity index (χ4v) is 2.44. The lowest BCUT2D eigenvalue weighted by Gasteiger charge is -2.27. The number of hydrogen-bond acceptors (Lipinski definition) is 2. The summed E-state index contributed by atoms with van der Waals surface area (Å²) in [6.07, 6.45) is 0.800. The second-order valence-corrected chi connectivity index (χ2v) is 5.05. The smallest absolute Gasteiger partial charge is 0.299 e. The van der Waals surface area contributed by atoms with Gasteiger partial charge in [-0.1, -0.05) is 30.2 Å². The second kappa shape index (κ2) is 5.72. The number of benzene rings is 2. The molecule has 1 amide bonds. The van der Waals surface area contributed by atoms with Crippen molar-refractivity contribution in [2.75, 3.05) is 6.54 Å². The third-order valence-electron chi connectivity index (χ3n) is 3.58. The summed E-state index contributed by atoms with van der Waals surface area (Å²) < 4.78 is 0. The monoisotopic (exact) mass is 277 g/mol. The van der Waals surface area contributed by atoms with Crippen molar-refractivity contribution in [3.63, 3.8) is 0 Å². The third kappa shape index (κ3) is 3.06. The first-order valence-corrected chi connectivity index (χ1v) is 6.89. The summed E-state index contributed by atoms with van der Waals surface area (Å²) in [6.45, 7) is 1.17. The van der Waals surface area contributed by atoms with Crippen LogP contribution in [0.25, 0.3) is 0 Å². The molecule has 0 aliphatic carbocycles. The molecule has 0 saturated carbocycles. The van der Waals surface area contributed by atoms with Gasteiger partial charge in [-0.25, -0.2) is 0 Å². The summed E-state index contributed by atoms with van der Waals surface area (Å²) >= 11 is 0. The molecule has 0 unspecified atom stereocenters. The Hall–Kier alpha value is -2.73. The van der Waals surface area contributed by atoms with Crippen molar-refractivity contribution in [2.24, 2.45) is 0 Å². The van der Waals surface area contributed by atoms with Crippen LogP contribution in [-0.4, -0.2) is 22.5 Å². The Morgan fingerprint density at radius 3 is 2.71 bits per heavy atom. The van der Waals surface area contributed by atoms with Gasteiger partial charge in [0.25, 0.3) is 5.91 Å². The van der Waals surface area contributed by atoms with Crippen molar-refractivity contribution in [3.8, 4) is 17.6 Å². The van der Waals surface area contributed by atoms with Gasteiger partial charge in [0.2, 0.25) is 0 Å². The Morgan fingerprint density at radius 1 is 1.10 bits per heavy atom. The van der Waals surface area contributed by atoms with E-state index >= 15 is 0 Å². The minimum absolute atomic E-state index is 0.173. The SMILES string of the molecule is O=C(C#Cc1ccccc1)N1CCc2ccc(O)cc2C1. The van der Waals surface area contributed by atoms with Crippen LogP contribution in [0, 0.1) is 11.8 Å². The van der Waals surface area contributed by atoms with Gasteiger partial charge in [-0.3, -0.25) is 4.79 Å². The van der Waals surface area contributed by atoms with Crippen LogP contribution >= 0.6 is 0 Å². The van der Waals surface area contributed by atoms with Gasteiger partial charge in [0.1, 0.15) is 5.75 Å². The number of hydrogen-bond donors (Lipinski definition) is 1. The maximum atomic E-state index is 12.2. The third-order valence-corrected chi connectivity index (χ3v) is 3.58. The highest BCUT2D eigenvalue weighted by molar-refractivity contribution is 5.94. The molecule has 104 valence electrons. The van der Waals surface area contributed by atoms with Crippen molar-refractivity contribution in [3.05, 3.63) is 65.2 Å². The van der Waals surface area contributed by atoms with Crippen molar-refractivity contribution < 1.29 is 9.90 Å². The minimum Gasteiger partial charge on any atom is -0.508 e. The molecular weight excluding hydrogens is 262 g/mol. The predicted octanol–water partition coefficient (Wildman–Crippen LogP) is 2.33. The van der Waals surface area contributed by atoms with E-state index in [1.165, 1.54) is 5.56 Å². The van der Waals surface area contributed by atoms with Crippen LogP contribution in [0.15, 0.2) is 48.5 Å². The van der Waals surface area contributed by atoms with E-state index in [0.29, 0.717) is 13.1 Å². The highest BCUT2D eigenvalue weighted by Gasteiger charge is 2.19. The molecule has 1 heterocycles. The molecule has 3 rings (SSSR count). The number of phenols is 1. The topological polar surface area (TPSA) is 40.5 Å². The van der Waals surface area contributed by atoms with E-state index in [1.54, 1.807) is 17.0 Å². The highest BCUT2D eigenvalue weighted by atomic mass is 16.3. The lowest BCUT2D eigenvalue weighted by atomic mass is 9.99. The number of phenolic OH excluding ortho intramolecular Hbond substituents is 1. The maximum Gasteiger partial charge on any atom is 0.299 e. The van der Waals surface area contributed by atoms with Crippen molar-refractivity contribution >= 4 is 5.91 Å². The van der Waals surface area contributed by atoms with E-state index in [9.17, 15) is 9.90 Å². The van der Waals surface area contributed by atoms with Gasteiger partial charge in [0.15, 0.2) is 0 Å². The molecule has 3 heteroatoms. The fourth-order valence-electron chi connectivity index (χ4n) is 2.44. The zero-order valence-corrected chi connectivity index (χ0v) is 11.5. The summed E-state index contributed by atoms with van der Waals surface area (Å²) in [7, 11) is 0. The standard InChI is InChI=1S/C18H15NO2/c20-17-8-7-15-10-11-19(13-16(15)12-17)18(21)9-6-14-4-2-1-3-5-14/h1-5,7-8,12,20H,10-11,13H2. The van der Waals surface area contributed by atoms with E-state index in [-0.39, 0.29) is 11.7 Å². The fraction of sp³-hybridized carbons (Fsp3) is 0.167. The van der Waals surface area contributed by atoms with Gasteiger partial charge >= 0.3 is 0 Å². The van der Waals surface area contributed by atoms with Crippen LogP contribution in [0.5, 0.6) is 5.75 Å². The van der Waals surface area contributed by atoms with E-state index < -0.39 is 0 Å². The first-order valence-electron chi connectivity index (χ1n) is 6.89. The normalized spacial score (nSPS) is 13.0. The second-order valence-electron chi connectivity index (χ2n) is 5.05. The summed E-state index contributed by atoms with van der Waals surface area (Å²) in [5.74, 6) is 5.64. The molecular formula is C18H15NO2. The summed E-state index contributed by atoms with van der Waals surface area (Å²) in [4.78, 5) is 13.9. The molecule has 1 aliphatic rings. The number of amides is 1. The molecule has 1 aliphatic heterocycles. The molecule has 2 aromatic carbocycles. The van der Waals surface area contributed by atoms with Crippen LogP contribution in [0.4, 0.5) is 0 Å². The average molecular weight is 277 g/mol. The lowest BCUT2D eigenvalue weighted by molar-refractivity contribution is -0.125. The Balaban J connectivity index is 1.74. The Morgan fingerprint density at radius 2 is 1.90 bits per heavy atom. The number of rotatable bonds is 0. The number of nitrogens with zero attached hydrogens (tertiary/aromatic N) is 1. The first kappa shape index (κ1) is 13.3. The van der Waals surface area contributed by atoms with Crippen LogP contribution in [0.1, 0.15) is 16.7 Å². The molecule has 0 atom stereocenters. The molecule has 0 fully saturated rings. The van der Waals surface area contributed by atoms with E-state index in [0.717, 1.165) is 17.5 Å². The summed E-state index contributed by atoms with van der Waals surface area (Å²) in [5, 5.41) is 9.53. The summed E-state index contributed by atoms with van der Waals surface area (Å²) in [5.41, 5.74) is 3.02. The number of aromatic hydroxyl groups is 1. The number of carbonyl (C=O) groups is 1. The molecule has 0 spiro atoms. The Kier molecular flexibility index (Phi) is 3.61. The first-order chi connectivity index (χ1) is 10.2. The Bertz CT molecular complexity index is 726. The number of carbonyl (C=O) groups excluding carboxylic acids is 1. The quantitative estimate of drug-likeness (QED) is 0.751. The van der Waals surface area contributed by atoms with E-state index in [1.807, 2.05) is 36.4 Å². The minimum atomic E-state index is -0.173. The van der Waals surface area contributed by atoms with Gasteiger partial charge in [-0.05, 0) is 41.8 Å². The van der Waals surface area contributed by atoms with Crippen molar-refractivity contribution in [1.82, 2.24) is 4.90 Å². The van der Waals surface area contributed by atoms with Gasteiger partial charge in [0.05, 0.1) is 0 Å². The molecule has 0 saturated heterocycles. The van der Waals surface area contributed by atoms with Crippen LogP contribution in [0.3, 0.4) is 0 Å². The zero-order chi connectivity index (χ0) is 14.7. The van der Waals surface area contributed by atoms with Crippen molar-refractivity contribution in [1.29, 1.82) is 0 Å².